The number of sulfonamides is 1. The molecular weight excluding hydrogens is 282 g/mol. The summed E-state index contributed by atoms with van der Waals surface area (Å²) < 4.78 is 27.2. The van der Waals surface area contributed by atoms with E-state index in [4.69, 9.17) is 11.6 Å². The van der Waals surface area contributed by atoms with Crippen molar-refractivity contribution in [2.24, 2.45) is 5.41 Å². The number of fused-ring (bicyclic) bond motifs is 1. The van der Waals surface area contributed by atoms with E-state index in [1.807, 2.05) is 12.1 Å². The van der Waals surface area contributed by atoms with Gasteiger partial charge in [-0.3, -0.25) is 0 Å². The smallest absolute Gasteiger partial charge is 0.211 e. The predicted octanol–water partition coefficient (Wildman–Crippen LogP) is 2.47. The lowest BCUT2D eigenvalue weighted by molar-refractivity contribution is 0.534. The van der Waals surface area contributed by atoms with Gasteiger partial charge in [0.2, 0.25) is 10.0 Å². The van der Waals surface area contributed by atoms with Gasteiger partial charge in [0.05, 0.1) is 4.90 Å². The van der Waals surface area contributed by atoms with Crippen LogP contribution in [0.15, 0.2) is 23.1 Å². The van der Waals surface area contributed by atoms with Gasteiger partial charge in [0, 0.05) is 12.4 Å². The first-order valence-electron chi connectivity index (χ1n) is 6.72. The Morgan fingerprint density at radius 2 is 1.95 bits per heavy atom. The number of nitrogens with one attached hydrogen (secondary N) is 1. The second kappa shape index (κ2) is 4.76. The summed E-state index contributed by atoms with van der Waals surface area (Å²) in [6.45, 7) is 0.454. The Hall–Kier alpha value is -0.580. The van der Waals surface area contributed by atoms with Crippen LogP contribution in [0.25, 0.3) is 0 Å². The average molecular weight is 300 g/mol. The van der Waals surface area contributed by atoms with Gasteiger partial charge in [0.25, 0.3) is 0 Å². The maximum Gasteiger partial charge on any atom is 0.240 e. The second-order valence-electron chi connectivity index (χ2n) is 5.74. The maximum atomic E-state index is 12.3. The third-order valence-corrected chi connectivity index (χ3v) is 6.22. The molecule has 0 saturated heterocycles. The van der Waals surface area contributed by atoms with Crippen LogP contribution in [0, 0.1) is 5.41 Å². The number of benzene rings is 1. The molecule has 1 aromatic rings. The predicted molar refractivity (Wildman–Crippen MR) is 76.0 cm³/mol. The van der Waals surface area contributed by atoms with Gasteiger partial charge in [-0.1, -0.05) is 6.07 Å². The zero-order valence-corrected chi connectivity index (χ0v) is 12.4. The molecule has 0 aliphatic heterocycles. The Bertz CT molecular complexity index is 593. The SMILES string of the molecule is O=S(=O)(NCC1(CCl)CC1)c1ccc2c(c1)CCC2. The van der Waals surface area contributed by atoms with Crippen molar-refractivity contribution in [3.8, 4) is 0 Å². The number of aryl methyl sites for hydroxylation is 2. The Balaban J connectivity index is 1.76. The van der Waals surface area contributed by atoms with Gasteiger partial charge in [0.1, 0.15) is 0 Å². The van der Waals surface area contributed by atoms with Crippen molar-refractivity contribution in [2.75, 3.05) is 12.4 Å². The van der Waals surface area contributed by atoms with Crippen LogP contribution in [0.2, 0.25) is 0 Å². The molecule has 1 fully saturated rings. The van der Waals surface area contributed by atoms with Crippen LogP contribution in [0.5, 0.6) is 0 Å². The summed E-state index contributed by atoms with van der Waals surface area (Å²) in [5, 5.41) is 0. The molecule has 1 saturated carbocycles. The molecule has 0 unspecified atom stereocenters. The van der Waals surface area contributed by atoms with E-state index in [1.54, 1.807) is 6.07 Å². The summed E-state index contributed by atoms with van der Waals surface area (Å²) in [7, 11) is -3.39. The summed E-state index contributed by atoms with van der Waals surface area (Å²) in [5.74, 6) is 0.527. The van der Waals surface area contributed by atoms with Crippen LogP contribution in [-0.4, -0.2) is 20.8 Å². The highest BCUT2D eigenvalue weighted by Crippen LogP contribution is 2.46. The third kappa shape index (κ3) is 2.67. The fourth-order valence-corrected chi connectivity index (χ4v) is 4.15. The average Bonchev–Trinajstić information content (AvgIpc) is 3.05. The molecule has 5 heteroatoms. The number of hydrogen-bond donors (Lipinski definition) is 1. The summed E-state index contributed by atoms with van der Waals surface area (Å²) in [5.41, 5.74) is 2.48. The van der Waals surface area contributed by atoms with E-state index in [1.165, 1.54) is 11.1 Å². The van der Waals surface area contributed by atoms with Crippen LogP contribution < -0.4 is 4.72 Å². The minimum atomic E-state index is -3.39. The highest BCUT2D eigenvalue weighted by Gasteiger charge is 2.42. The third-order valence-electron chi connectivity index (χ3n) is 4.26. The zero-order chi connectivity index (χ0) is 13.5. The van der Waals surface area contributed by atoms with Crippen molar-refractivity contribution in [3.05, 3.63) is 29.3 Å². The molecule has 104 valence electrons. The quantitative estimate of drug-likeness (QED) is 0.849. The Kier molecular flexibility index (Phi) is 3.36. The van der Waals surface area contributed by atoms with Gasteiger partial charge in [-0.15, -0.1) is 11.6 Å². The Labute approximate surface area is 119 Å². The van der Waals surface area contributed by atoms with Crippen LogP contribution in [0.4, 0.5) is 0 Å². The summed E-state index contributed by atoms with van der Waals surface area (Å²) in [4.78, 5) is 0.388. The number of rotatable bonds is 5. The van der Waals surface area contributed by atoms with Gasteiger partial charge in [-0.25, -0.2) is 13.1 Å². The Morgan fingerprint density at radius 1 is 1.21 bits per heavy atom. The van der Waals surface area contributed by atoms with Crippen LogP contribution in [0.3, 0.4) is 0 Å². The van der Waals surface area contributed by atoms with Crippen molar-refractivity contribution in [1.82, 2.24) is 4.72 Å². The van der Waals surface area contributed by atoms with E-state index in [0.29, 0.717) is 17.3 Å². The van der Waals surface area contributed by atoms with Crippen molar-refractivity contribution >= 4 is 21.6 Å². The lowest BCUT2D eigenvalue weighted by atomic mass is 10.1. The molecule has 0 bridgehead atoms. The van der Waals surface area contributed by atoms with Crippen LogP contribution in [-0.2, 0) is 22.9 Å². The molecule has 1 aromatic carbocycles. The molecular formula is C14H18ClNO2S. The number of hydrogen-bond acceptors (Lipinski definition) is 2. The van der Waals surface area contributed by atoms with Gasteiger partial charge < -0.3 is 0 Å². The zero-order valence-electron chi connectivity index (χ0n) is 10.8. The van der Waals surface area contributed by atoms with Gasteiger partial charge in [0.15, 0.2) is 0 Å². The monoisotopic (exact) mass is 299 g/mol. The molecule has 2 aliphatic rings. The minimum Gasteiger partial charge on any atom is -0.211 e. The fourth-order valence-electron chi connectivity index (χ4n) is 2.58. The maximum absolute atomic E-state index is 12.3. The van der Waals surface area contributed by atoms with E-state index in [9.17, 15) is 8.42 Å². The van der Waals surface area contributed by atoms with Crippen molar-refractivity contribution in [1.29, 1.82) is 0 Å². The largest absolute Gasteiger partial charge is 0.240 e. The topological polar surface area (TPSA) is 46.2 Å². The molecule has 0 radical (unpaired) electrons. The summed E-state index contributed by atoms with van der Waals surface area (Å²) in [6, 6.07) is 5.49. The molecule has 0 spiro atoms. The van der Waals surface area contributed by atoms with E-state index in [0.717, 1.165) is 32.1 Å². The molecule has 2 aliphatic carbocycles. The molecule has 1 N–H and O–H groups in total. The van der Waals surface area contributed by atoms with Gasteiger partial charge >= 0.3 is 0 Å². The van der Waals surface area contributed by atoms with Gasteiger partial charge in [-0.05, 0) is 60.8 Å². The molecule has 0 heterocycles. The van der Waals surface area contributed by atoms with Crippen molar-refractivity contribution < 1.29 is 8.42 Å². The lowest BCUT2D eigenvalue weighted by Crippen LogP contribution is -2.31. The molecule has 0 amide bonds. The molecule has 3 rings (SSSR count). The molecule has 0 aromatic heterocycles. The van der Waals surface area contributed by atoms with E-state index in [2.05, 4.69) is 4.72 Å². The summed E-state index contributed by atoms with van der Waals surface area (Å²) in [6.07, 6.45) is 5.22. The van der Waals surface area contributed by atoms with Gasteiger partial charge in [-0.2, -0.15) is 0 Å². The highest BCUT2D eigenvalue weighted by atomic mass is 35.5. The first kappa shape index (κ1) is 13.4. The molecule has 19 heavy (non-hydrogen) atoms. The summed E-state index contributed by atoms with van der Waals surface area (Å²) >= 11 is 5.87. The number of alkyl halides is 1. The lowest BCUT2D eigenvalue weighted by Gasteiger charge is -2.13. The number of halogens is 1. The standard InChI is InChI=1S/C14H18ClNO2S/c15-9-14(6-7-14)10-16-19(17,18)13-5-4-11-2-1-3-12(11)8-13/h4-5,8,16H,1-3,6-7,9-10H2. The molecule has 0 atom stereocenters. The van der Waals surface area contributed by atoms with E-state index >= 15 is 0 Å². The first-order valence-corrected chi connectivity index (χ1v) is 8.74. The van der Waals surface area contributed by atoms with E-state index in [-0.39, 0.29) is 5.41 Å². The van der Waals surface area contributed by atoms with E-state index < -0.39 is 10.0 Å². The second-order valence-corrected chi connectivity index (χ2v) is 7.78. The molecule has 3 nitrogen and oxygen atoms in total. The highest BCUT2D eigenvalue weighted by molar-refractivity contribution is 7.89. The van der Waals surface area contributed by atoms with Crippen LogP contribution >= 0.6 is 11.6 Å². The minimum absolute atomic E-state index is 0.00531. The Morgan fingerprint density at radius 3 is 2.63 bits per heavy atom. The van der Waals surface area contributed by atoms with Crippen molar-refractivity contribution in [3.63, 3.8) is 0 Å². The normalized spacial score (nSPS) is 20.3. The first-order chi connectivity index (χ1) is 9.05. The van der Waals surface area contributed by atoms with Crippen LogP contribution in [0.1, 0.15) is 30.4 Å². The van der Waals surface area contributed by atoms with Crippen molar-refractivity contribution in [2.45, 2.75) is 37.0 Å². The fraction of sp³-hybridized carbons (Fsp3) is 0.571.